The molecule has 5 aromatic rings. The van der Waals surface area contributed by atoms with Crippen molar-refractivity contribution in [3.05, 3.63) is 101 Å². The van der Waals surface area contributed by atoms with Gasteiger partial charge in [-0.15, -0.1) is 0 Å². The molecule has 0 atom stereocenters. The van der Waals surface area contributed by atoms with Crippen LogP contribution in [0.25, 0.3) is 11.3 Å². The third-order valence-corrected chi connectivity index (χ3v) is 10.8. The molecule has 1 saturated heterocycles. The largest absolute Gasteiger partial charge is 0.453 e. The molecule has 16 heteroatoms. The second-order valence-corrected chi connectivity index (χ2v) is 14.3. The maximum Gasteiger partial charge on any atom is 0.415 e. The fraction of sp³-hybridized carbons (Fsp3) is 0.257. The van der Waals surface area contributed by atoms with Crippen LogP contribution < -0.4 is 15.0 Å². The number of benzene rings is 3. The Morgan fingerprint density at radius 3 is 2.47 bits per heavy atom. The third-order valence-electron chi connectivity index (χ3n) is 8.20. The molecule has 1 aliphatic rings. The SMILES string of the molecule is CCc1cccc(Nc2nc(SCC(=O)N3CCN(CCOc4no[n+]([O-])c4S(=O)(=O)c4ccccc4)CC3)nc(-c3ccccc3)c2C#N)c1. The van der Waals surface area contributed by atoms with Crippen molar-refractivity contribution < 1.29 is 27.5 Å². The van der Waals surface area contributed by atoms with E-state index in [1.807, 2.05) is 54.6 Å². The van der Waals surface area contributed by atoms with Crippen LogP contribution in [0.1, 0.15) is 18.1 Å². The van der Waals surface area contributed by atoms with Gasteiger partial charge in [0, 0.05) is 44.0 Å². The molecule has 1 fully saturated rings. The minimum Gasteiger partial charge on any atom is -0.453 e. The molecule has 262 valence electrons. The number of carbonyl (C=O) groups excluding carboxylic acids is 1. The molecule has 3 heterocycles. The zero-order chi connectivity index (χ0) is 35.8. The summed E-state index contributed by atoms with van der Waals surface area (Å²) in [5.74, 6) is -0.0129. The lowest BCUT2D eigenvalue weighted by Crippen LogP contribution is -2.50. The smallest absolute Gasteiger partial charge is 0.415 e. The molecule has 0 unspecified atom stereocenters. The summed E-state index contributed by atoms with van der Waals surface area (Å²) < 4.78 is 36.1. The molecule has 2 aromatic heterocycles. The molecular weight excluding hydrogens is 693 g/mol. The van der Waals surface area contributed by atoms with Gasteiger partial charge in [0.25, 0.3) is 9.84 Å². The fourth-order valence-corrected chi connectivity index (χ4v) is 7.50. The first-order valence-electron chi connectivity index (χ1n) is 16.2. The highest BCUT2D eigenvalue weighted by Crippen LogP contribution is 2.31. The lowest BCUT2D eigenvalue weighted by atomic mass is 10.1. The normalized spacial score (nSPS) is 13.5. The predicted molar refractivity (Wildman–Crippen MR) is 188 cm³/mol. The number of hydrogen-bond donors (Lipinski definition) is 1. The van der Waals surface area contributed by atoms with E-state index >= 15 is 0 Å². The summed E-state index contributed by atoms with van der Waals surface area (Å²) in [6.45, 7) is 4.60. The van der Waals surface area contributed by atoms with Crippen molar-refractivity contribution in [1.82, 2.24) is 24.9 Å². The number of aromatic nitrogens is 4. The zero-order valence-electron chi connectivity index (χ0n) is 27.6. The van der Waals surface area contributed by atoms with Crippen molar-refractivity contribution in [2.75, 3.05) is 50.4 Å². The van der Waals surface area contributed by atoms with Crippen molar-refractivity contribution >= 4 is 39.0 Å². The standard InChI is InChI=1S/C35H34N8O6S2/c1-2-25-10-9-13-27(22-25)37-32-29(23-36)31(26-11-5-3-6-12-26)38-35(39-32)50-24-30(44)42-18-16-41(17-19-42)20-21-48-33-34(43(45)49-40-33)51(46,47)28-14-7-4-8-15-28/h3-15,22H,2,16-21,24H2,1H3,(H,37,38,39). The van der Waals surface area contributed by atoms with Crippen LogP contribution in [0.2, 0.25) is 0 Å². The summed E-state index contributed by atoms with van der Waals surface area (Å²) in [6, 6.07) is 27.1. The van der Waals surface area contributed by atoms with Gasteiger partial charge in [-0.25, -0.2) is 18.4 Å². The number of thioether (sulfide) groups is 1. The van der Waals surface area contributed by atoms with E-state index in [1.165, 1.54) is 23.9 Å². The number of piperazine rings is 1. The molecule has 0 saturated carbocycles. The monoisotopic (exact) mass is 726 g/mol. The zero-order valence-corrected chi connectivity index (χ0v) is 29.3. The Morgan fingerprint density at radius 1 is 1.04 bits per heavy atom. The van der Waals surface area contributed by atoms with Gasteiger partial charge < -0.3 is 20.2 Å². The Kier molecular flexibility index (Phi) is 11.1. The van der Waals surface area contributed by atoms with Crippen LogP contribution in [0.5, 0.6) is 5.88 Å². The average molecular weight is 727 g/mol. The Balaban J connectivity index is 1.06. The van der Waals surface area contributed by atoms with Gasteiger partial charge >= 0.3 is 10.9 Å². The van der Waals surface area contributed by atoms with Crippen LogP contribution in [-0.4, -0.2) is 84.3 Å². The minimum atomic E-state index is -4.21. The van der Waals surface area contributed by atoms with Gasteiger partial charge in [-0.2, -0.15) is 5.26 Å². The highest BCUT2D eigenvalue weighted by Gasteiger charge is 2.36. The van der Waals surface area contributed by atoms with Crippen LogP contribution in [0.15, 0.2) is 105 Å². The highest BCUT2D eigenvalue weighted by molar-refractivity contribution is 7.99. The summed E-state index contributed by atoms with van der Waals surface area (Å²) in [4.78, 5) is 26.2. The van der Waals surface area contributed by atoms with E-state index in [4.69, 9.17) is 9.72 Å². The van der Waals surface area contributed by atoms with Gasteiger partial charge in [-0.05, 0) is 41.2 Å². The maximum absolute atomic E-state index is 13.3. The molecule has 51 heavy (non-hydrogen) atoms. The number of carbonyl (C=O) groups is 1. The minimum absolute atomic E-state index is 0.0481. The molecule has 0 spiro atoms. The van der Waals surface area contributed by atoms with Gasteiger partial charge in [0.05, 0.1) is 21.5 Å². The Labute approximate surface area is 299 Å². The van der Waals surface area contributed by atoms with E-state index in [1.54, 1.807) is 23.1 Å². The summed E-state index contributed by atoms with van der Waals surface area (Å²) in [5, 5.41) is 28.8. The van der Waals surface area contributed by atoms with E-state index < -0.39 is 20.7 Å². The molecule has 0 radical (unpaired) electrons. The van der Waals surface area contributed by atoms with Crippen LogP contribution in [-0.2, 0) is 21.1 Å². The second-order valence-electron chi connectivity index (χ2n) is 11.5. The summed E-state index contributed by atoms with van der Waals surface area (Å²) in [7, 11) is -4.21. The molecular formula is C35H34N8O6S2. The first-order chi connectivity index (χ1) is 24.8. The van der Waals surface area contributed by atoms with E-state index in [0.717, 1.165) is 23.2 Å². The first kappa shape index (κ1) is 35.3. The third kappa shape index (κ3) is 8.28. The molecule has 3 aromatic carbocycles. The Hall–Kier alpha value is -5.50. The quantitative estimate of drug-likeness (QED) is 0.104. The van der Waals surface area contributed by atoms with E-state index in [9.17, 15) is 23.7 Å². The van der Waals surface area contributed by atoms with Gasteiger partial charge in [0.1, 0.15) is 18.2 Å². The number of amides is 1. The van der Waals surface area contributed by atoms with Crippen molar-refractivity contribution in [3.63, 3.8) is 0 Å². The number of ether oxygens (including phenoxy) is 1. The lowest BCUT2D eigenvalue weighted by molar-refractivity contribution is -0.832. The Morgan fingerprint density at radius 2 is 1.76 bits per heavy atom. The van der Waals surface area contributed by atoms with E-state index in [-0.39, 0.29) is 28.1 Å². The number of sulfone groups is 1. The van der Waals surface area contributed by atoms with Gasteiger partial charge in [-0.3, -0.25) is 14.3 Å². The highest BCUT2D eigenvalue weighted by atomic mass is 32.2. The first-order valence-corrected chi connectivity index (χ1v) is 18.6. The number of rotatable bonds is 13. The molecule has 1 aliphatic heterocycles. The van der Waals surface area contributed by atoms with Crippen LogP contribution in [0.4, 0.5) is 11.5 Å². The summed E-state index contributed by atoms with van der Waals surface area (Å²) >= 11 is 1.21. The van der Waals surface area contributed by atoms with Gasteiger partial charge in [-0.1, -0.05) is 79.3 Å². The van der Waals surface area contributed by atoms with Crippen LogP contribution in [0.3, 0.4) is 0 Å². The maximum atomic E-state index is 13.3. The molecule has 1 N–H and O–H groups in total. The number of nitrogens with zero attached hydrogens (tertiary/aromatic N) is 7. The number of nitrogens with one attached hydrogen (secondary N) is 1. The average Bonchev–Trinajstić information content (AvgIpc) is 3.55. The molecule has 14 nitrogen and oxygen atoms in total. The van der Waals surface area contributed by atoms with E-state index in [0.29, 0.717) is 55.0 Å². The van der Waals surface area contributed by atoms with Crippen molar-refractivity contribution in [1.29, 1.82) is 5.26 Å². The molecule has 0 aliphatic carbocycles. The van der Waals surface area contributed by atoms with Crippen molar-refractivity contribution in [3.8, 4) is 23.2 Å². The molecule has 0 bridgehead atoms. The van der Waals surface area contributed by atoms with Gasteiger partial charge in [0.15, 0.2) is 11.0 Å². The number of hydrogen-bond acceptors (Lipinski definition) is 13. The fourth-order valence-electron chi connectivity index (χ4n) is 5.46. The molecule has 1 amide bonds. The van der Waals surface area contributed by atoms with Crippen molar-refractivity contribution in [2.45, 2.75) is 28.4 Å². The topological polar surface area (TPSA) is 181 Å². The van der Waals surface area contributed by atoms with Crippen molar-refractivity contribution in [2.24, 2.45) is 0 Å². The van der Waals surface area contributed by atoms with Crippen LogP contribution >= 0.6 is 11.8 Å². The number of anilines is 2. The number of aryl methyl sites for hydroxylation is 1. The molecule has 6 rings (SSSR count). The predicted octanol–water partition coefficient (Wildman–Crippen LogP) is 4.09. The summed E-state index contributed by atoms with van der Waals surface area (Å²) in [5.41, 5.74) is 3.49. The lowest BCUT2D eigenvalue weighted by Gasteiger charge is -2.34. The van der Waals surface area contributed by atoms with Gasteiger partial charge in [0.2, 0.25) is 5.91 Å². The summed E-state index contributed by atoms with van der Waals surface area (Å²) in [6.07, 6.45) is 0.860. The van der Waals surface area contributed by atoms with Crippen LogP contribution in [0, 0.1) is 16.5 Å². The number of nitriles is 1. The Bertz CT molecular complexity index is 2130. The van der Waals surface area contributed by atoms with E-state index in [2.05, 4.69) is 38.0 Å². The second kappa shape index (κ2) is 16.0.